The van der Waals surface area contributed by atoms with Crippen LogP contribution in [0.15, 0.2) is 58.5 Å². The predicted molar refractivity (Wildman–Crippen MR) is 95.9 cm³/mol. The fourth-order valence-electron chi connectivity index (χ4n) is 2.14. The average Bonchev–Trinajstić information content (AvgIpc) is 2.58. The second-order valence-corrected chi connectivity index (χ2v) is 6.94. The summed E-state index contributed by atoms with van der Waals surface area (Å²) < 4.78 is 30.0. The van der Waals surface area contributed by atoms with E-state index in [9.17, 15) is 8.42 Å². The van der Waals surface area contributed by atoms with Gasteiger partial charge in [-0.15, -0.1) is 0 Å². The molecule has 0 aromatic heterocycles. The molecule has 0 fully saturated rings. The number of ether oxygens (including phenoxy) is 1. The monoisotopic (exact) mass is 346 g/mol. The first-order chi connectivity index (χ1) is 11.5. The molecular formula is C18H22N2O3S. The number of hydrogen-bond donors (Lipinski definition) is 1. The van der Waals surface area contributed by atoms with Gasteiger partial charge < -0.3 is 4.74 Å². The van der Waals surface area contributed by atoms with E-state index >= 15 is 0 Å². The van der Waals surface area contributed by atoms with Crippen molar-refractivity contribution in [2.75, 3.05) is 6.61 Å². The molecule has 0 saturated carbocycles. The van der Waals surface area contributed by atoms with E-state index in [-0.39, 0.29) is 4.90 Å². The van der Waals surface area contributed by atoms with Crippen LogP contribution in [-0.4, -0.2) is 20.7 Å². The molecule has 0 spiro atoms. The lowest BCUT2D eigenvalue weighted by Gasteiger charge is -2.08. The Hall–Kier alpha value is -2.34. The van der Waals surface area contributed by atoms with E-state index in [0.29, 0.717) is 24.5 Å². The van der Waals surface area contributed by atoms with Gasteiger partial charge >= 0.3 is 0 Å². The summed E-state index contributed by atoms with van der Waals surface area (Å²) in [4.78, 5) is 2.46. The number of nitrogens with zero attached hydrogens (tertiary/aromatic N) is 1. The number of hydrazone groups is 1. The largest absolute Gasteiger partial charge is 0.494 e. The molecule has 0 unspecified atom stereocenters. The Labute approximate surface area is 143 Å². The average molecular weight is 346 g/mol. The van der Waals surface area contributed by atoms with Crippen molar-refractivity contribution >= 4 is 15.7 Å². The number of sulfonamides is 1. The van der Waals surface area contributed by atoms with Crippen molar-refractivity contribution in [3.8, 4) is 5.75 Å². The highest BCUT2D eigenvalue weighted by molar-refractivity contribution is 7.89. The third-order valence-electron chi connectivity index (χ3n) is 3.47. The molecule has 1 N–H and O–H groups in total. The van der Waals surface area contributed by atoms with Crippen LogP contribution in [0.3, 0.4) is 0 Å². The van der Waals surface area contributed by atoms with E-state index in [0.717, 1.165) is 11.1 Å². The van der Waals surface area contributed by atoms with Crippen molar-refractivity contribution in [3.63, 3.8) is 0 Å². The van der Waals surface area contributed by atoms with Crippen molar-refractivity contribution < 1.29 is 13.2 Å². The Morgan fingerprint density at radius 1 is 1.04 bits per heavy atom. The van der Waals surface area contributed by atoms with Crippen LogP contribution in [0.5, 0.6) is 5.75 Å². The van der Waals surface area contributed by atoms with E-state index in [1.807, 2.05) is 45.0 Å². The van der Waals surface area contributed by atoms with Crippen LogP contribution in [0.25, 0.3) is 0 Å². The van der Waals surface area contributed by atoms with E-state index in [1.165, 1.54) is 12.1 Å². The van der Waals surface area contributed by atoms with Crippen molar-refractivity contribution in [2.24, 2.45) is 5.10 Å². The molecule has 128 valence electrons. The van der Waals surface area contributed by atoms with Crippen LogP contribution >= 0.6 is 0 Å². The minimum atomic E-state index is -3.71. The molecule has 0 aliphatic carbocycles. The van der Waals surface area contributed by atoms with Gasteiger partial charge in [-0.1, -0.05) is 36.8 Å². The van der Waals surface area contributed by atoms with Gasteiger partial charge in [0.2, 0.25) is 0 Å². The maximum atomic E-state index is 12.3. The minimum absolute atomic E-state index is 0.147. The lowest BCUT2D eigenvalue weighted by atomic mass is 10.1. The molecule has 0 heterocycles. The van der Waals surface area contributed by atoms with E-state index in [4.69, 9.17) is 4.74 Å². The number of benzene rings is 2. The Kier molecular flexibility index (Phi) is 5.98. The van der Waals surface area contributed by atoms with Crippen molar-refractivity contribution in [1.82, 2.24) is 4.83 Å². The molecule has 6 heteroatoms. The smallest absolute Gasteiger partial charge is 0.276 e. The third-order valence-corrected chi connectivity index (χ3v) is 4.69. The fourth-order valence-corrected chi connectivity index (χ4v) is 2.97. The van der Waals surface area contributed by atoms with Crippen molar-refractivity contribution in [3.05, 3.63) is 59.7 Å². The van der Waals surface area contributed by atoms with Gasteiger partial charge in [0.05, 0.1) is 17.2 Å². The van der Waals surface area contributed by atoms with E-state index in [1.54, 1.807) is 12.1 Å². The van der Waals surface area contributed by atoms with Crippen LogP contribution in [0.2, 0.25) is 0 Å². The highest BCUT2D eigenvalue weighted by atomic mass is 32.2. The van der Waals surface area contributed by atoms with Crippen LogP contribution in [0.1, 0.15) is 31.4 Å². The maximum Gasteiger partial charge on any atom is 0.276 e. The summed E-state index contributed by atoms with van der Waals surface area (Å²) in [6.07, 6.45) is 0.620. The number of hydrogen-bond acceptors (Lipinski definition) is 4. The molecule has 0 saturated heterocycles. The molecule has 0 bridgehead atoms. The van der Waals surface area contributed by atoms with Crippen LogP contribution in [0, 0.1) is 6.92 Å². The molecule has 0 aliphatic rings. The SMILES string of the molecule is CCOc1ccc(S(=O)(=O)N/N=C(/CC)c2ccc(C)cc2)cc1. The summed E-state index contributed by atoms with van der Waals surface area (Å²) in [7, 11) is -3.71. The normalized spacial score (nSPS) is 12.0. The zero-order chi connectivity index (χ0) is 17.6. The Bertz CT molecular complexity index is 795. The quantitative estimate of drug-likeness (QED) is 0.616. The van der Waals surface area contributed by atoms with Crippen LogP contribution in [0.4, 0.5) is 0 Å². The molecule has 0 atom stereocenters. The van der Waals surface area contributed by atoms with Gasteiger partial charge in [-0.05, 0) is 50.1 Å². The lowest BCUT2D eigenvalue weighted by molar-refractivity contribution is 0.340. The van der Waals surface area contributed by atoms with Gasteiger partial charge in [0.15, 0.2) is 0 Å². The first kappa shape index (κ1) is 18.0. The van der Waals surface area contributed by atoms with Gasteiger partial charge in [-0.3, -0.25) is 0 Å². The minimum Gasteiger partial charge on any atom is -0.494 e. The number of aryl methyl sites for hydroxylation is 1. The van der Waals surface area contributed by atoms with Crippen molar-refractivity contribution in [1.29, 1.82) is 0 Å². The number of nitrogens with one attached hydrogen (secondary N) is 1. The second kappa shape index (κ2) is 7.97. The molecule has 2 rings (SSSR count). The Balaban J connectivity index is 2.19. The van der Waals surface area contributed by atoms with Gasteiger partial charge in [-0.25, -0.2) is 0 Å². The second-order valence-electron chi connectivity index (χ2n) is 5.28. The summed E-state index contributed by atoms with van der Waals surface area (Å²) in [6.45, 7) is 6.34. The molecule has 0 radical (unpaired) electrons. The highest BCUT2D eigenvalue weighted by Gasteiger charge is 2.13. The topological polar surface area (TPSA) is 67.8 Å². The molecule has 2 aromatic carbocycles. The Morgan fingerprint density at radius 3 is 2.21 bits per heavy atom. The molecule has 2 aromatic rings. The predicted octanol–water partition coefficient (Wildman–Crippen LogP) is 3.49. The van der Waals surface area contributed by atoms with Gasteiger partial charge in [0, 0.05) is 0 Å². The molecular weight excluding hydrogens is 324 g/mol. The molecule has 24 heavy (non-hydrogen) atoms. The lowest BCUT2D eigenvalue weighted by Crippen LogP contribution is -2.20. The molecule has 5 nitrogen and oxygen atoms in total. The Morgan fingerprint density at radius 2 is 1.67 bits per heavy atom. The first-order valence-electron chi connectivity index (χ1n) is 7.84. The van der Waals surface area contributed by atoms with Gasteiger partial charge in [0.25, 0.3) is 10.0 Å². The number of rotatable bonds is 7. The summed E-state index contributed by atoms with van der Waals surface area (Å²) in [5.74, 6) is 0.633. The summed E-state index contributed by atoms with van der Waals surface area (Å²) in [5.41, 5.74) is 2.73. The standard InChI is InChI=1S/C18H22N2O3S/c1-4-18(15-8-6-14(3)7-9-15)19-20-24(21,22)17-12-10-16(11-13-17)23-5-2/h6-13,20H,4-5H2,1-3H3/b19-18-. The third kappa shape index (κ3) is 4.58. The van der Waals surface area contributed by atoms with Gasteiger partial charge in [0.1, 0.15) is 5.75 Å². The van der Waals surface area contributed by atoms with E-state index < -0.39 is 10.0 Å². The van der Waals surface area contributed by atoms with E-state index in [2.05, 4.69) is 9.93 Å². The summed E-state index contributed by atoms with van der Waals surface area (Å²) in [6, 6.07) is 14.1. The maximum absolute atomic E-state index is 12.3. The van der Waals surface area contributed by atoms with Crippen molar-refractivity contribution in [2.45, 2.75) is 32.1 Å². The fraction of sp³-hybridized carbons (Fsp3) is 0.278. The van der Waals surface area contributed by atoms with Crippen LogP contribution < -0.4 is 9.57 Å². The summed E-state index contributed by atoms with van der Waals surface area (Å²) in [5, 5.41) is 4.10. The highest BCUT2D eigenvalue weighted by Crippen LogP contribution is 2.16. The first-order valence-corrected chi connectivity index (χ1v) is 9.33. The molecule has 0 amide bonds. The summed E-state index contributed by atoms with van der Waals surface area (Å²) >= 11 is 0. The van der Waals surface area contributed by atoms with Crippen LogP contribution in [-0.2, 0) is 10.0 Å². The molecule has 0 aliphatic heterocycles. The zero-order valence-electron chi connectivity index (χ0n) is 14.1. The van der Waals surface area contributed by atoms with Gasteiger partial charge in [-0.2, -0.15) is 18.4 Å². The zero-order valence-corrected chi connectivity index (χ0v) is 14.9.